The molecule has 2 aliphatic rings. The average Bonchev–Trinajstić information content (AvgIpc) is 2.81. The van der Waals surface area contributed by atoms with Gasteiger partial charge in [0.2, 0.25) is 5.91 Å². The maximum atomic E-state index is 13.7. The average molecular weight is 490 g/mol. The predicted molar refractivity (Wildman–Crippen MR) is 131 cm³/mol. The Morgan fingerprint density at radius 2 is 1.71 bits per heavy atom. The van der Waals surface area contributed by atoms with Gasteiger partial charge in [0.15, 0.2) is 0 Å². The van der Waals surface area contributed by atoms with Crippen LogP contribution in [0.1, 0.15) is 64.4 Å². The van der Waals surface area contributed by atoms with Crippen molar-refractivity contribution in [2.75, 3.05) is 20.8 Å². The monoisotopic (exact) mass is 489 g/mol. The Balaban J connectivity index is 1.89. The van der Waals surface area contributed by atoms with Crippen LogP contribution < -0.4 is 14.8 Å². The maximum Gasteiger partial charge on any atom is 0.318 e. The summed E-state index contributed by atoms with van der Waals surface area (Å²) in [5.41, 5.74) is 0.812. The van der Waals surface area contributed by atoms with E-state index in [1.807, 2.05) is 26.0 Å². The van der Waals surface area contributed by atoms with E-state index in [-0.39, 0.29) is 43.4 Å². The van der Waals surface area contributed by atoms with Gasteiger partial charge >= 0.3 is 12.0 Å². The highest BCUT2D eigenvalue weighted by atomic mass is 16.5. The van der Waals surface area contributed by atoms with Crippen molar-refractivity contribution in [3.63, 3.8) is 0 Å². The molecule has 1 aliphatic carbocycles. The quantitative estimate of drug-likeness (QED) is 0.548. The number of carboxylic acids is 1. The third-order valence-electron chi connectivity index (χ3n) is 6.81. The molecule has 2 N–H and O–H groups in total. The molecule has 1 heterocycles. The van der Waals surface area contributed by atoms with Gasteiger partial charge in [0.05, 0.1) is 26.7 Å². The molecule has 0 aromatic heterocycles. The summed E-state index contributed by atoms with van der Waals surface area (Å²) >= 11 is 0. The lowest BCUT2D eigenvalue weighted by Gasteiger charge is -2.46. The second-order valence-corrected chi connectivity index (χ2v) is 10.0. The molecule has 0 radical (unpaired) electrons. The van der Waals surface area contributed by atoms with Crippen LogP contribution in [0.3, 0.4) is 0 Å². The molecule has 2 fully saturated rings. The molecule has 9 nitrogen and oxygen atoms in total. The Kier molecular flexibility index (Phi) is 9.23. The van der Waals surface area contributed by atoms with Gasteiger partial charge in [0.1, 0.15) is 17.5 Å². The normalized spacial score (nSPS) is 21.2. The SMILES string of the molecule is COc1cc(CN2C[C@@H](CC(=O)O)N(C(=O)NC3CCCCC3)[C@@H](CC(C)C)C2=O)cc(OC)c1. The van der Waals surface area contributed by atoms with Crippen LogP contribution in [0.4, 0.5) is 4.79 Å². The zero-order valence-electron chi connectivity index (χ0n) is 21.3. The van der Waals surface area contributed by atoms with E-state index in [1.165, 1.54) is 4.90 Å². The van der Waals surface area contributed by atoms with E-state index in [9.17, 15) is 19.5 Å². The molecule has 2 atom stereocenters. The molecule has 1 aliphatic heterocycles. The van der Waals surface area contributed by atoms with Crippen molar-refractivity contribution in [1.82, 2.24) is 15.1 Å². The number of benzene rings is 1. The number of piperazine rings is 1. The number of hydrogen-bond donors (Lipinski definition) is 2. The van der Waals surface area contributed by atoms with Crippen LogP contribution in [0.2, 0.25) is 0 Å². The molecular formula is C26H39N3O6. The van der Waals surface area contributed by atoms with E-state index in [0.29, 0.717) is 17.9 Å². The number of carbonyl (C=O) groups excluding carboxylic acids is 2. The zero-order valence-corrected chi connectivity index (χ0v) is 21.3. The lowest BCUT2D eigenvalue weighted by atomic mass is 9.94. The first-order valence-corrected chi connectivity index (χ1v) is 12.5. The molecule has 194 valence electrons. The summed E-state index contributed by atoms with van der Waals surface area (Å²) in [6, 6.07) is 3.83. The molecular weight excluding hydrogens is 450 g/mol. The van der Waals surface area contributed by atoms with Crippen LogP contribution in [0.15, 0.2) is 18.2 Å². The Labute approximate surface area is 207 Å². The number of ether oxygens (including phenoxy) is 2. The van der Waals surface area contributed by atoms with E-state index in [2.05, 4.69) is 5.32 Å². The second kappa shape index (κ2) is 12.1. The number of nitrogens with zero attached hydrogens (tertiary/aromatic N) is 2. The molecule has 1 aromatic rings. The molecule has 9 heteroatoms. The fourth-order valence-electron chi connectivity index (χ4n) is 5.17. The molecule has 3 amide bonds. The summed E-state index contributed by atoms with van der Waals surface area (Å²) in [6.45, 7) is 4.43. The van der Waals surface area contributed by atoms with Crippen molar-refractivity contribution in [3.8, 4) is 11.5 Å². The van der Waals surface area contributed by atoms with Gasteiger partial charge in [-0.3, -0.25) is 9.59 Å². The van der Waals surface area contributed by atoms with Crippen LogP contribution in [0.5, 0.6) is 11.5 Å². The van der Waals surface area contributed by atoms with Gasteiger partial charge in [0.25, 0.3) is 0 Å². The van der Waals surface area contributed by atoms with Gasteiger partial charge in [-0.15, -0.1) is 0 Å². The van der Waals surface area contributed by atoms with E-state index in [0.717, 1.165) is 37.7 Å². The molecule has 35 heavy (non-hydrogen) atoms. The summed E-state index contributed by atoms with van der Waals surface area (Å²) in [7, 11) is 3.13. The first kappa shape index (κ1) is 26.6. The van der Waals surface area contributed by atoms with Gasteiger partial charge < -0.3 is 29.7 Å². The van der Waals surface area contributed by atoms with Crippen LogP contribution in [0, 0.1) is 5.92 Å². The molecule has 1 saturated heterocycles. The number of carboxylic acid groups (broad SMARTS) is 1. The molecule has 0 unspecified atom stereocenters. The summed E-state index contributed by atoms with van der Waals surface area (Å²) < 4.78 is 10.7. The van der Waals surface area contributed by atoms with Crippen LogP contribution in [-0.4, -0.2) is 71.7 Å². The lowest BCUT2D eigenvalue weighted by molar-refractivity contribution is -0.148. The fourth-order valence-corrected chi connectivity index (χ4v) is 5.17. The minimum Gasteiger partial charge on any atom is -0.497 e. The topological polar surface area (TPSA) is 108 Å². The molecule has 0 spiro atoms. The van der Waals surface area contributed by atoms with Crippen LogP contribution in [0.25, 0.3) is 0 Å². The Hall–Kier alpha value is -2.97. The lowest BCUT2D eigenvalue weighted by Crippen LogP contribution is -2.66. The third-order valence-corrected chi connectivity index (χ3v) is 6.81. The van der Waals surface area contributed by atoms with Crippen molar-refractivity contribution < 1.29 is 29.0 Å². The van der Waals surface area contributed by atoms with Gasteiger partial charge in [-0.05, 0) is 42.9 Å². The fraction of sp³-hybridized carbons (Fsp3) is 0.654. The summed E-state index contributed by atoms with van der Waals surface area (Å²) in [6.07, 6.45) is 5.36. The standard InChI is InChI=1S/C26H39N3O6/c1-17(2)10-23-25(32)28(15-18-11-21(34-3)14-22(12-18)35-4)16-20(13-24(30)31)29(23)26(33)27-19-8-6-5-7-9-19/h11-12,14,17,19-20,23H,5-10,13,15-16H2,1-4H3,(H,27,33)(H,30,31)/t20-,23+/m1/s1. The summed E-state index contributed by atoms with van der Waals surface area (Å²) in [4.78, 5) is 42.1. The maximum absolute atomic E-state index is 13.7. The summed E-state index contributed by atoms with van der Waals surface area (Å²) in [5, 5.41) is 12.7. The van der Waals surface area contributed by atoms with Gasteiger partial charge in [-0.2, -0.15) is 0 Å². The Morgan fingerprint density at radius 3 is 2.26 bits per heavy atom. The first-order valence-electron chi connectivity index (χ1n) is 12.5. The highest BCUT2D eigenvalue weighted by molar-refractivity contribution is 5.89. The number of aliphatic carboxylic acids is 1. The van der Waals surface area contributed by atoms with Crippen molar-refractivity contribution in [2.24, 2.45) is 5.92 Å². The largest absolute Gasteiger partial charge is 0.497 e. The van der Waals surface area contributed by atoms with Crippen LogP contribution in [-0.2, 0) is 16.1 Å². The molecule has 3 rings (SSSR count). The molecule has 1 saturated carbocycles. The predicted octanol–water partition coefficient (Wildman–Crippen LogP) is 3.65. The molecule has 0 bridgehead atoms. The van der Waals surface area contributed by atoms with Crippen molar-refractivity contribution >= 4 is 17.9 Å². The minimum absolute atomic E-state index is 0.0683. The number of rotatable bonds is 9. The number of carbonyl (C=O) groups is 3. The van der Waals surface area contributed by atoms with Crippen molar-refractivity contribution in [1.29, 1.82) is 0 Å². The highest BCUT2D eigenvalue weighted by Gasteiger charge is 2.44. The highest BCUT2D eigenvalue weighted by Crippen LogP contribution is 2.29. The van der Waals surface area contributed by atoms with Gasteiger partial charge in [-0.25, -0.2) is 4.79 Å². The first-order chi connectivity index (χ1) is 16.7. The van der Waals surface area contributed by atoms with E-state index in [4.69, 9.17) is 9.47 Å². The number of hydrogen-bond acceptors (Lipinski definition) is 5. The number of methoxy groups -OCH3 is 2. The van der Waals surface area contributed by atoms with E-state index < -0.39 is 18.1 Å². The number of amides is 3. The van der Waals surface area contributed by atoms with Crippen LogP contribution >= 0.6 is 0 Å². The number of urea groups is 1. The smallest absolute Gasteiger partial charge is 0.318 e. The third kappa shape index (κ3) is 7.02. The van der Waals surface area contributed by atoms with E-state index >= 15 is 0 Å². The molecule has 1 aromatic carbocycles. The van der Waals surface area contributed by atoms with Gasteiger partial charge in [-0.1, -0.05) is 33.1 Å². The van der Waals surface area contributed by atoms with E-state index in [1.54, 1.807) is 25.2 Å². The second-order valence-electron chi connectivity index (χ2n) is 10.0. The van der Waals surface area contributed by atoms with Gasteiger partial charge in [0, 0.05) is 25.2 Å². The zero-order chi connectivity index (χ0) is 25.5. The Bertz CT molecular complexity index is 877. The van der Waals surface area contributed by atoms with Crippen molar-refractivity contribution in [2.45, 2.75) is 83.5 Å². The van der Waals surface area contributed by atoms with Crippen molar-refractivity contribution in [3.05, 3.63) is 23.8 Å². The summed E-state index contributed by atoms with van der Waals surface area (Å²) in [5.74, 6) is 0.208. The Morgan fingerprint density at radius 1 is 1.09 bits per heavy atom. The number of nitrogens with one attached hydrogen (secondary N) is 1. The minimum atomic E-state index is -0.994.